The Morgan fingerprint density at radius 2 is 2.00 bits per heavy atom. The van der Waals surface area contributed by atoms with Crippen molar-refractivity contribution in [2.75, 3.05) is 6.54 Å². The highest BCUT2D eigenvalue weighted by molar-refractivity contribution is 7.99. The van der Waals surface area contributed by atoms with E-state index in [4.69, 9.17) is 10.2 Å². The van der Waals surface area contributed by atoms with Crippen LogP contribution in [0.2, 0.25) is 0 Å². The summed E-state index contributed by atoms with van der Waals surface area (Å²) in [5, 5.41) is 6.14. The molecule has 0 saturated carbocycles. The zero-order valence-electron chi connectivity index (χ0n) is 11.1. The van der Waals surface area contributed by atoms with E-state index in [1.165, 1.54) is 17.3 Å². The molecule has 2 rings (SSSR count). The Balaban J connectivity index is 2.33. The van der Waals surface area contributed by atoms with Crippen LogP contribution >= 0.6 is 11.8 Å². The van der Waals surface area contributed by atoms with Crippen molar-refractivity contribution in [1.29, 1.82) is 0 Å². The van der Waals surface area contributed by atoms with Crippen LogP contribution in [0.25, 0.3) is 0 Å². The molecule has 2 N–H and O–H groups in total. The Hall–Kier alpha value is -1.27. The van der Waals surface area contributed by atoms with Gasteiger partial charge in [0.1, 0.15) is 10.8 Å². The molecule has 5 nitrogen and oxygen atoms in total. The van der Waals surface area contributed by atoms with Gasteiger partial charge in [0.15, 0.2) is 0 Å². The normalized spacial score (nSPS) is 11.2. The van der Waals surface area contributed by atoms with E-state index in [1.807, 2.05) is 32.5 Å². The van der Waals surface area contributed by atoms with E-state index in [1.54, 1.807) is 0 Å². The largest absolute Gasteiger partial charge is 0.436 e. The average molecular weight is 266 g/mol. The van der Waals surface area contributed by atoms with Crippen LogP contribution in [0.15, 0.2) is 14.7 Å². The lowest BCUT2D eigenvalue weighted by Crippen LogP contribution is -2.04. The maximum atomic E-state index is 5.64. The summed E-state index contributed by atoms with van der Waals surface area (Å²) in [5.41, 5.74) is 8.77. The van der Waals surface area contributed by atoms with Crippen molar-refractivity contribution in [3.8, 4) is 0 Å². The van der Waals surface area contributed by atoms with Crippen molar-refractivity contribution in [3.05, 3.63) is 22.7 Å². The average Bonchev–Trinajstić information content (AvgIpc) is 2.74. The Bertz CT molecular complexity index is 539. The Morgan fingerprint density at radius 3 is 2.56 bits per heavy atom. The fraction of sp³-hybridized carbons (Fsp3) is 0.500. The van der Waals surface area contributed by atoms with Crippen LogP contribution < -0.4 is 5.73 Å². The van der Waals surface area contributed by atoms with Crippen molar-refractivity contribution in [3.63, 3.8) is 0 Å². The van der Waals surface area contributed by atoms with E-state index in [0.29, 0.717) is 11.8 Å². The second-order valence-corrected chi connectivity index (χ2v) is 5.19. The molecule has 2 aromatic heterocycles. The second-order valence-electron chi connectivity index (χ2n) is 4.25. The number of nitrogens with two attached hydrogens (primary N) is 1. The van der Waals surface area contributed by atoms with E-state index in [0.717, 1.165) is 28.6 Å². The molecular weight excluding hydrogens is 248 g/mol. The van der Waals surface area contributed by atoms with Gasteiger partial charge in [0.2, 0.25) is 0 Å². The lowest BCUT2D eigenvalue weighted by molar-refractivity contribution is 0.430. The molecule has 0 unspecified atom stereocenters. The van der Waals surface area contributed by atoms with Crippen molar-refractivity contribution in [2.45, 2.75) is 37.4 Å². The number of hydrogen-bond acceptors (Lipinski definition) is 5. The van der Waals surface area contributed by atoms with Crippen LogP contribution in [0.1, 0.15) is 22.7 Å². The van der Waals surface area contributed by atoms with Gasteiger partial charge in [-0.25, -0.2) is 4.98 Å². The van der Waals surface area contributed by atoms with Crippen molar-refractivity contribution < 1.29 is 4.42 Å². The number of aryl methyl sites for hydroxylation is 4. The number of oxazole rings is 1. The predicted octanol–water partition coefficient (Wildman–Crippen LogP) is 1.99. The minimum atomic E-state index is 0.615. The summed E-state index contributed by atoms with van der Waals surface area (Å²) >= 11 is 1.50. The molecular formula is C12H18N4OS. The zero-order valence-corrected chi connectivity index (χ0v) is 12.0. The molecule has 6 heteroatoms. The number of hydrogen-bond donors (Lipinski definition) is 1. The first-order chi connectivity index (χ1) is 8.52. The third-order valence-electron chi connectivity index (χ3n) is 2.88. The first kappa shape index (κ1) is 13.2. The predicted molar refractivity (Wildman–Crippen MR) is 70.8 cm³/mol. The van der Waals surface area contributed by atoms with Crippen LogP contribution in [0.3, 0.4) is 0 Å². The summed E-state index contributed by atoms with van der Waals surface area (Å²) in [5.74, 6) is 0.858. The van der Waals surface area contributed by atoms with Gasteiger partial charge in [0, 0.05) is 12.6 Å². The molecule has 0 aliphatic rings. The summed E-state index contributed by atoms with van der Waals surface area (Å²) in [6, 6.07) is 0. The van der Waals surface area contributed by atoms with Gasteiger partial charge in [-0.1, -0.05) is 0 Å². The van der Waals surface area contributed by atoms with E-state index in [-0.39, 0.29) is 0 Å². The molecule has 0 radical (unpaired) electrons. The summed E-state index contributed by atoms with van der Waals surface area (Å²) in [6.07, 6.45) is 0.820. The van der Waals surface area contributed by atoms with E-state index >= 15 is 0 Å². The van der Waals surface area contributed by atoms with Gasteiger partial charge in [0.25, 0.3) is 5.22 Å². The quantitative estimate of drug-likeness (QED) is 0.916. The van der Waals surface area contributed by atoms with Gasteiger partial charge >= 0.3 is 0 Å². The number of rotatable bonds is 4. The molecule has 0 amide bonds. The Labute approximate surface area is 111 Å². The van der Waals surface area contributed by atoms with Crippen molar-refractivity contribution in [2.24, 2.45) is 12.8 Å². The Kier molecular flexibility index (Phi) is 3.77. The molecule has 0 spiro atoms. The fourth-order valence-electron chi connectivity index (χ4n) is 1.81. The topological polar surface area (TPSA) is 69.9 Å². The summed E-state index contributed by atoms with van der Waals surface area (Å²) in [4.78, 5) is 4.38. The molecule has 0 aromatic carbocycles. The first-order valence-electron chi connectivity index (χ1n) is 5.87. The van der Waals surface area contributed by atoms with E-state index in [2.05, 4.69) is 10.1 Å². The van der Waals surface area contributed by atoms with Crippen molar-refractivity contribution in [1.82, 2.24) is 14.8 Å². The van der Waals surface area contributed by atoms with E-state index in [9.17, 15) is 0 Å². The maximum absolute atomic E-state index is 5.64. The van der Waals surface area contributed by atoms with Gasteiger partial charge in [-0.2, -0.15) is 5.10 Å². The zero-order chi connectivity index (χ0) is 13.3. The standard InChI is InChI=1S/C12H18N4OS/c1-7-9(3)17-12(14-7)18-11-10(5-6-13)8(2)15-16(11)4/h5-6,13H2,1-4H3. The monoisotopic (exact) mass is 266 g/mol. The molecule has 2 aromatic rings. The van der Waals surface area contributed by atoms with Gasteiger partial charge in [0.05, 0.1) is 11.4 Å². The fourth-order valence-corrected chi connectivity index (χ4v) is 2.87. The van der Waals surface area contributed by atoms with Crippen LogP contribution in [0, 0.1) is 20.8 Å². The Morgan fingerprint density at radius 1 is 1.28 bits per heavy atom. The number of nitrogens with zero attached hydrogens (tertiary/aromatic N) is 3. The van der Waals surface area contributed by atoms with Crippen LogP contribution in [0.4, 0.5) is 0 Å². The number of aromatic nitrogens is 3. The van der Waals surface area contributed by atoms with Gasteiger partial charge in [-0.15, -0.1) is 0 Å². The minimum Gasteiger partial charge on any atom is -0.436 e. The SMILES string of the molecule is Cc1nc(Sc2c(CCN)c(C)nn2C)oc1C. The minimum absolute atomic E-state index is 0.615. The molecule has 0 aliphatic heterocycles. The molecule has 0 fully saturated rings. The molecule has 98 valence electrons. The van der Waals surface area contributed by atoms with Gasteiger partial charge in [-0.05, 0) is 45.5 Å². The van der Waals surface area contributed by atoms with E-state index < -0.39 is 0 Å². The van der Waals surface area contributed by atoms with Crippen molar-refractivity contribution >= 4 is 11.8 Å². The summed E-state index contributed by atoms with van der Waals surface area (Å²) in [7, 11) is 1.93. The molecule has 18 heavy (non-hydrogen) atoms. The van der Waals surface area contributed by atoms with Crippen LogP contribution in [0.5, 0.6) is 0 Å². The highest BCUT2D eigenvalue weighted by atomic mass is 32.2. The van der Waals surface area contributed by atoms with Crippen LogP contribution in [-0.4, -0.2) is 21.3 Å². The molecule has 0 aliphatic carbocycles. The third kappa shape index (κ3) is 2.44. The third-order valence-corrected chi connectivity index (χ3v) is 3.93. The molecule has 0 atom stereocenters. The highest BCUT2D eigenvalue weighted by Gasteiger charge is 2.17. The first-order valence-corrected chi connectivity index (χ1v) is 6.69. The lowest BCUT2D eigenvalue weighted by Gasteiger charge is -2.02. The highest BCUT2D eigenvalue weighted by Crippen LogP contribution is 2.32. The molecule has 0 saturated heterocycles. The summed E-state index contributed by atoms with van der Waals surface area (Å²) in [6.45, 7) is 6.48. The summed E-state index contributed by atoms with van der Waals surface area (Å²) < 4.78 is 7.46. The van der Waals surface area contributed by atoms with Gasteiger partial charge < -0.3 is 10.2 Å². The van der Waals surface area contributed by atoms with Gasteiger partial charge in [-0.3, -0.25) is 4.68 Å². The maximum Gasteiger partial charge on any atom is 0.262 e. The lowest BCUT2D eigenvalue weighted by atomic mass is 10.2. The smallest absolute Gasteiger partial charge is 0.262 e. The second kappa shape index (κ2) is 5.16. The molecule has 2 heterocycles. The van der Waals surface area contributed by atoms with Crippen LogP contribution in [-0.2, 0) is 13.5 Å². The molecule has 0 bridgehead atoms.